The number of nitrogens with one attached hydrogen (secondary N) is 1. The molecule has 100 valence electrons. The summed E-state index contributed by atoms with van der Waals surface area (Å²) in [6.07, 6.45) is 3.13. The van der Waals surface area contributed by atoms with Crippen molar-refractivity contribution >= 4 is 0 Å². The van der Waals surface area contributed by atoms with E-state index in [4.69, 9.17) is 4.74 Å². The Morgan fingerprint density at radius 2 is 2.00 bits per heavy atom. The quantitative estimate of drug-likeness (QED) is 0.794. The van der Waals surface area contributed by atoms with Gasteiger partial charge in [0, 0.05) is 31.2 Å². The molecule has 1 saturated carbocycles. The Balaban J connectivity index is 1.91. The molecule has 2 rings (SSSR count). The first-order valence-electron chi connectivity index (χ1n) is 7.18. The average molecular weight is 240 g/mol. The highest BCUT2D eigenvalue weighted by atomic mass is 16.5. The summed E-state index contributed by atoms with van der Waals surface area (Å²) in [4.78, 5) is 2.65. The van der Waals surface area contributed by atoms with E-state index in [1.807, 2.05) is 0 Å². The first-order chi connectivity index (χ1) is 8.08. The van der Waals surface area contributed by atoms with Crippen LogP contribution in [0.1, 0.15) is 40.5 Å². The molecule has 1 aliphatic heterocycles. The van der Waals surface area contributed by atoms with E-state index in [0.717, 1.165) is 25.7 Å². The second-order valence-corrected chi connectivity index (χ2v) is 6.18. The lowest BCUT2D eigenvalue weighted by molar-refractivity contribution is -0.0725. The van der Waals surface area contributed by atoms with Gasteiger partial charge in [0.25, 0.3) is 0 Å². The standard InChI is InChI=1S/C14H28N2O/c1-10(2)14(7-15-13-5-6-13)16-8-12(4)17-9-11(16)3/h10-15H,5-9H2,1-4H3. The molecule has 0 radical (unpaired) electrons. The van der Waals surface area contributed by atoms with Gasteiger partial charge in [-0.15, -0.1) is 0 Å². The van der Waals surface area contributed by atoms with Crippen LogP contribution in [0.15, 0.2) is 0 Å². The molecule has 3 unspecified atom stereocenters. The molecule has 2 fully saturated rings. The largest absolute Gasteiger partial charge is 0.376 e. The topological polar surface area (TPSA) is 24.5 Å². The fraction of sp³-hybridized carbons (Fsp3) is 1.00. The zero-order valence-corrected chi connectivity index (χ0v) is 11.8. The lowest BCUT2D eigenvalue weighted by Crippen LogP contribution is -2.56. The summed E-state index contributed by atoms with van der Waals surface area (Å²) in [5.74, 6) is 0.703. The van der Waals surface area contributed by atoms with Crippen LogP contribution in [0.4, 0.5) is 0 Å². The van der Waals surface area contributed by atoms with Crippen molar-refractivity contribution in [2.24, 2.45) is 5.92 Å². The maximum absolute atomic E-state index is 5.73. The molecule has 1 N–H and O–H groups in total. The predicted octanol–water partition coefficient (Wildman–Crippen LogP) is 1.87. The van der Waals surface area contributed by atoms with Crippen molar-refractivity contribution in [2.75, 3.05) is 19.7 Å². The Morgan fingerprint density at radius 3 is 2.59 bits per heavy atom. The first-order valence-corrected chi connectivity index (χ1v) is 7.18. The molecule has 0 aromatic heterocycles. The van der Waals surface area contributed by atoms with Gasteiger partial charge < -0.3 is 10.1 Å². The van der Waals surface area contributed by atoms with Crippen molar-refractivity contribution in [3.63, 3.8) is 0 Å². The molecule has 3 atom stereocenters. The third-order valence-electron chi connectivity index (χ3n) is 4.04. The van der Waals surface area contributed by atoms with Crippen LogP contribution in [-0.4, -0.2) is 48.8 Å². The van der Waals surface area contributed by atoms with E-state index < -0.39 is 0 Å². The van der Waals surface area contributed by atoms with Gasteiger partial charge in [-0.3, -0.25) is 4.90 Å². The van der Waals surface area contributed by atoms with Gasteiger partial charge in [0.1, 0.15) is 0 Å². The Morgan fingerprint density at radius 1 is 1.29 bits per heavy atom. The lowest BCUT2D eigenvalue weighted by atomic mass is 9.99. The fourth-order valence-electron chi connectivity index (χ4n) is 2.70. The van der Waals surface area contributed by atoms with Crippen molar-refractivity contribution in [1.82, 2.24) is 10.2 Å². The normalized spacial score (nSPS) is 33.0. The molecular weight excluding hydrogens is 212 g/mol. The minimum atomic E-state index is 0.383. The van der Waals surface area contributed by atoms with Crippen molar-refractivity contribution in [1.29, 1.82) is 0 Å². The van der Waals surface area contributed by atoms with Crippen molar-refractivity contribution in [3.8, 4) is 0 Å². The summed E-state index contributed by atoms with van der Waals surface area (Å²) in [6, 6.07) is 2.02. The Labute approximate surface area is 106 Å². The van der Waals surface area contributed by atoms with E-state index in [0.29, 0.717) is 24.1 Å². The van der Waals surface area contributed by atoms with Crippen LogP contribution in [0.25, 0.3) is 0 Å². The molecular formula is C14H28N2O. The second-order valence-electron chi connectivity index (χ2n) is 6.18. The molecule has 0 amide bonds. The smallest absolute Gasteiger partial charge is 0.0674 e. The minimum absolute atomic E-state index is 0.383. The molecule has 3 nitrogen and oxygen atoms in total. The van der Waals surface area contributed by atoms with E-state index in [1.54, 1.807) is 0 Å². The maximum atomic E-state index is 5.73. The summed E-state index contributed by atoms with van der Waals surface area (Å²) >= 11 is 0. The third kappa shape index (κ3) is 3.67. The molecule has 0 bridgehead atoms. The SMILES string of the molecule is CC1CN(C(CNC2CC2)C(C)C)C(C)CO1. The predicted molar refractivity (Wildman–Crippen MR) is 71.2 cm³/mol. The zero-order valence-electron chi connectivity index (χ0n) is 11.8. The summed E-state index contributed by atoms with van der Waals surface area (Å²) in [6.45, 7) is 12.3. The number of rotatable bonds is 5. The number of morpholine rings is 1. The Hall–Kier alpha value is -0.120. The van der Waals surface area contributed by atoms with E-state index in [9.17, 15) is 0 Å². The van der Waals surface area contributed by atoms with Crippen LogP contribution in [-0.2, 0) is 4.74 Å². The number of nitrogens with zero attached hydrogens (tertiary/aromatic N) is 1. The van der Waals surface area contributed by atoms with Crippen LogP contribution in [0, 0.1) is 5.92 Å². The molecule has 0 spiro atoms. The van der Waals surface area contributed by atoms with E-state index >= 15 is 0 Å². The molecule has 0 aromatic carbocycles. The van der Waals surface area contributed by atoms with Gasteiger partial charge in [0.05, 0.1) is 12.7 Å². The lowest BCUT2D eigenvalue weighted by Gasteiger charge is -2.43. The maximum Gasteiger partial charge on any atom is 0.0674 e. The van der Waals surface area contributed by atoms with Crippen LogP contribution in [0.3, 0.4) is 0 Å². The van der Waals surface area contributed by atoms with Crippen molar-refractivity contribution in [2.45, 2.75) is 64.8 Å². The first kappa shape index (κ1) is 13.3. The van der Waals surface area contributed by atoms with Crippen molar-refractivity contribution in [3.05, 3.63) is 0 Å². The van der Waals surface area contributed by atoms with Crippen LogP contribution >= 0.6 is 0 Å². The monoisotopic (exact) mass is 240 g/mol. The fourth-order valence-corrected chi connectivity index (χ4v) is 2.70. The zero-order chi connectivity index (χ0) is 12.4. The number of ether oxygens (including phenoxy) is 1. The highest BCUT2D eigenvalue weighted by Gasteiger charge is 2.32. The Bertz CT molecular complexity index is 240. The summed E-state index contributed by atoms with van der Waals surface area (Å²) in [5.41, 5.74) is 0. The van der Waals surface area contributed by atoms with Crippen molar-refractivity contribution < 1.29 is 4.74 Å². The minimum Gasteiger partial charge on any atom is -0.376 e. The second kappa shape index (κ2) is 5.68. The molecule has 2 aliphatic rings. The highest BCUT2D eigenvalue weighted by Crippen LogP contribution is 2.22. The summed E-state index contributed by atoms with van der Waals surface area (Å²) in [5, 5.41) is 3.69. The van der Waals surface area contributed by atoms with E-state index in [2.05, 4.69) is 37.9 Å². The van der Waals surface area contributed by atoms with Gasteiger partial charge in [-0.25, -0.2) is 0 Å². The van der Waals surface area contributed by atoms with Gasteiger partial charge in [-0.2, -0.15) is 0 Å². The van der Waals surface area contributed by atoms with E-state index in [-0.39, 0.29) is 0 Å². The van der Waals surface area contributed by atoms with Gasteiger partial charge in [-0.05, 0) is 32.6 Å². The summed E-state index contributed by atoms with van der Waals surface area (Å²) < 4.78 is 5.73. The van der Waals surface area contributed by atoms with Crippen LogP contribution in [0.5, 0.6) is 0 Å². The average Bonchev–Trinajstić information content (AvgIpc) is 3.06. The molecule has 3 heteroatoms. The van der Waals surface area contributed by atoms with Crippen LogP contribution in [0.2, 0.25) is 0 Å². The molecule has 0 aromatic rings. The van der Waals surface area contributed by atoms with Gasteiger partial charge in [-0.1, -0.05) is 13.8 Å². The number of hydrogen-bond acceptors (Lipinski definition) is 3. The summed E-state index contributed by atoms with van der Waals surface area (Å²) in [7, 11) is 0. The Kier molecular flexibility index (Phi) is 4.45. The van der Waals surface area contributed by atoms with Gasteiger partial charge in [0.15, 0.2) is 0 Å². The molecule has 1 aliphatic carbocycles. The molecule has 1 heterocycles. The molecule has 1 saturated heterocycles. The third-order valence-corrected chi connectivity index (χ3v) is 4.04. The molecule has 17 heavy (non-hydrogen) atoms. The highest BCUT2D eigenvalue weighted by molar-refractivity contribution is 4.88. The van der Waals surface area contributed by atoms with Gasteiger partial charge >= 0.3 is 0 Å². The van der Waals surface area contributed by atoms with E-state index in [1.165, 1.54) is 12.8 Å². The van der Waals surface area contributed by atoms with Crippen LogP contribution < -0.4 is 5.32 Å². The van der Waals surface area contributed by atoms with Gasteiger partial charge in [0.2, 0.25) is 0 Å². The number of hydrogen-bond donors (Lipinski definition) is 1.